The molecule has 1 aliphatic heterocycles. The van der Waals surface area contributed by atoms with Crippen molar-refractivity contribution in [1.29, 1.82) is 0 Å². The quantitative estimate of drug-likeness (QED) is 0.661. The van der Waals surface area contributed by atoms with Gasteiger partial charge in [-0.05, 0) is 35.7 Å². The maximum atomic E-state index is 6.29. The van der Waals surface area contributed by atoms with E-state index in [0.717, 1.165) is 28.6 Å². The van der Waals surface area contributed by atoms with Crippen molar-refractivity contribution in [2.45, 2.75) is 19.0 Å². The van der Waals surface area contributed by atoms with Crippen molar-refractivity contribution in [3.05, 3.63) is 94.8 Å². The van der Waals surface area contributed by atoms with Crippen molar-refractivity contribution in [3.63, 3.8) is 0 Å². The molecule has 3 aromatic rings. The van der Waals surface area contributed by atoms with Gasteiger partial charge in [0.15, 0.2) is 0 Å². The average molecular weight is 351 g/mol. The maximum Gasteiger partial charge on any atom is 0.233 e. The topological polar surface area (TPSA) is 26.5 Å². The SMILES string of the molecule is Clc1ccccc1Cn1cccc1C1=N[C@H](Cc2ccccc2)CO1. The molecule has 25 heavy (non-hydrogen) atoms. The van der Waals surface area contributed by atoms with Crippen LogP contribution >= 0.6 is 11.6 Å². The number of aliphatic imine (C=N–C) groups is 1. The zero-order valence-corrected chi connectivity index (χ0v) is 14.6. The Labute approximate surface area is 152 Å². The molecule has 1 aromatic heterocycles. The van der Waals surface area contributed by atoms with Crippen molar-refractivity contribution in [2.24, 2.45) is 4.99 Å². The minimum absolute atomic E-state index is 0.168. The van der Waals surface area contributed by atoms with Crippen molar-refractivity contribution in [1.82, 2.24) is 4.57 Å². The number of ether oxygens (including phenoxy) is 1. The molecule has 0 spiro atoms. The van der Waals surface area contributed by atoms with Crippen molar-refractivity contribution in [2.75, 3.05) is 6.61 Å². The van der Waals surface area contributed by atoms with Crippen molar-refractivity contribution in [3.8, 4) is 0 Å². The third-order valence-electron chi connectivity index (χ3n) is 4.37. The van der Waals surface area contributed by atoms with Gasteiger partial charge in [-0.3, -0.25) is 0 Å². The maximum absolute atomic E-state index is 6.29. The highest BCUT2D eigenvalue weighted by Gasteiger charge is 2.22. The summed E-state index contributed by atoms with van der Waals surface area (Å²) in [6, 6.07) is 22.6. The number of aromatic nitrogens is 1. The zero-order valence-electron chi connectivity index (χ0n) is 13.8. The number of hydrogen-bond acceptors (Lipinski definition) is 2. The van der Waals surface area contributed by atoms with E-state index in [2.05, 4.69) is 28.8 Å². The first-order chi connectivity index (χ1) is 12.3. The summed E-state index contributed by atoms with van der Waals surface area (Å²) < 4.78 is 8.02. The average Bonchev–Trinajstić information content (AvgIpc) is 3.27. The van der Waals surface area contributed by atoms with Crippen LogP contribution in [-0.2, 0) is 17.7 Å². The number of hydrogen-bond donors (Lipinski definition) is 0. The zero-order chi connectivity index (χ0) is 17.1. The van der Waals surface area contributed by atoms with Crippen LogP contribution in [0.4, 0.5) is 0 Å². The Kier molecular flexibility index (Phi) is 4.57. The van der Waals surface area contributed by atoms with Gasteiger partial charge in [0.1, 0.15) is 12.3 Å². The molecule has 0 saturated carbocycles. The second-order valence-corrected chi connectivity index (χ2v) is 6.61. The normalized spacial score (nSPS) is 16.5. The lowest BCUT2D eigenvalue weighted by Gasteiger charge is -2.10. The molecule has 4 heteroatoms. The van der Waals surface area contributed by atoms with Crippen LogP contribution in [0.15, 0.2) is 77.9 Å². The molecule has 0 saturated heterocycles. The van der Waals surface area contributed by atoms with Crippen LogP contribution in [0.1, 0.15) is 16.8 Å². The Hall–Kier alpha value is -2.52. The van der Waals surface area contributed by atoms with Gasteiger partial charge < -0.3 is 9.30 Å². The lowest BCUT2D eigenvalue weighted by atomic mass is 10.1. The molecular weight excluding hydrogens is 332 g/mol. The summed E-state index contributed by atoms with van der Waals surface area (Å²) in [5.41, 5.74) is 3.36. The monoisotopic (exact) mass is 350 g/mol. The van der Waals surface area contributed by atoms with E-state index in [9.17, 15) is 0 Å². The van der Waals surface area contributed by atoms with Gasteiger partial charge in [-0.2, -0.15) is 0 Å². The van der Waals surface area contributed by atoms with Crippen LogP contribution in [0.2, 0.25) is 5.02 Å². The smallest absolute Gasteiger partial charge is 0.233 e. The van der Waals surface area contributed by atoms with E-state index in [4.69, 9.17) is 21.3 Å². The van der Waals surface area contributed by atoms with E-state index < -0.39 is 0 Å². The van der Waals surface area contributed by atoms with Crippen LogP contribution in [0.3, 0.4) is 0 Å². The molecule has 4 rings (SSSR count). The van der Waals surface area contributed by atoms with Crippen LogP contribution in [0.25, 0.3) is 0 Å². The van der Waals surface area contributed by atoms with Gasteiger partial charge in [0.05, 0.1) is 6.04 Å². The lowest BCUT2D eigenvalue weighted by Crippen LogP contribution is -2.11. The largest absolute Gasteiger partial charge is 0.474 e. The number of rotatable bonds is 5. The van der Waals surface area contributed by atoms with E-state index in [0.29, 0.717) is 13.2 Å². The standard InChI is InChI=1S/C21H19ClN2O/c22-19-10-5-4-9-17(19)14-24-12-6-11-20(24)21-23-18(15-25-21)13-16-7-2-1-3-8-16/h1-12,18H,13-15H2/t18-/m1/s1. The second-order valence-electron chi connectivity index (χ2n) is 6.20. The Balaban J connectivity index is 1.52. The first kappa shape index (κ1) is 16.0. The fraction of sp³-hybridized carbons (Fsp3) is 0.190. The van der Waals surface area contributed by atoms with Gasteiger partial charge in [0, 0.05) is 17.8 Å². The molecule has 2 heterocycles. The summed E-state index contributed by atoms with van der Waals surface area (Å²) in [7, 11) is 0. The molecule has 1 aliphatic rings. The lowest BCUT2D eigenvalue weighted by molar-refractivity contribution is 0.315. The van der Waals surface area contributed by atoms with Gasteiger partial charge in [0.25, 0.3) is 0 Å². The first-order valence-electron chi connectivity index (χ1n) is 8.43. The van der Waals surface area contributed by atoms with E-state index in [1.54, 1.807) is 0 Å². The molecule has 126 valence electrons. The molecular formula is C21H19ClN2O. The Morgan fingerprint density at radius 1 is 1.00 bits per heavy atom. The summed E-state index contributed by atoms with van der Waals surface area (Å²) in [4.78, 5) is 4.79. The predicted molar refractivity (Wildman–Crippen MR) is 101 cm³/mol. The fourth-order valence-electron chi connectivity index (χ4n) is 3.10. The minimum atomic E-state index is 0.168. The highest BCUT2D eigenvalue weighted by atomic mass is 35.5. The summed E-state index contributed by atoms with van der Waals surface area (Å²) in [6.45, 7) is 1.33. The van der Waals surface area contributed by atoms with Crippen LogP contribution in [0.5, 0.6) is 0 Å². The van der Waals surface area contributed by atoms with Crippen molar-refractivity contribution >= 4 is 17.5 Å². The summed E-state index contributed by atoms with van der Waals surface area (Å²) in [6.07, 6.45) is 2.94. The highest BCUT2D eigenvalue weighted by Crippen LogP contribution is 2.20. The third-order valence-corrected chi connectivity index (χ3v) is 4.74. The molecule has 3 nitrogen and oxygen atoms in total. The van der Waals surface area contributed by atoms with Crippen LogP contribution < -0.4 is 0 Å². The molecule has 0 radical (unpaired) electrons. The summed E-state index contributed by atoms with van der Waals surface area (Å²) >= 11 is 6.29. The van der Waals surface area contributed by atoms with Crippen LogP contribution in [-0.4, -0.2) is 23.1 Å². The number of benzene rings is 2. The molecule has 0 bridgehead atoms. The summed E-state index contributed by atoms with van der Waals surface area (Å²) in [5.74, 6) is 0.720. The Morgan fingerprint density at radius 3 is 2.64 bits per heavy atom. The molecule has 0 N–H and O–H groups in total. The van der Waals surface area contributed by atoms with E-state index in [1.807, 2.05) is 48.7 Å². The second kappa shape index (κ2) is 7.16. The van der Waals surface area contributed by atoms with E-state index >= 15 is 0 Å². The molecule has 0 fully saturated rings. The predicted octanol–water partition coefficient (Wildman–Crippen LogP) is 4.58. The number of halogens is 1. The molecule has 0 aliphatic carbocycles. The number of nitrogens with zero attached hydrogens (tertiary/aromatic N) is 2. The van der Waals surface area contributed by atoms with E-state index in [-0.39, 0.29) is 6.04 Å². The molecule has 0 unspecified atom stereocenters. The van der Waals surface area contributed by atoms with Crippen molar-refractivity contribution < 1.29 is 4.74 Å². The van der Waals surface area contributed by atoms with Gasteiger partial charge in [-0.25, -0.2) is 4.99 Å². The third kappa shape index (κ3) is 3.62. The van der Waals surface area contributed by atoms with E-state index in [1.165, 1.54) is 5.56 Å². The van der Waals surface area contributed by atoms with Gasteiger partial charge in [0.2, 0.25) is 5.90 Å². The fourth-order valence-corrected chi connectivity index (χ4v) is 3.30. The van der Waals surface area contributed by atoms with Gasteiger partial charge in [-0.15, -0.1) is 0 Å². The van der Waals surface area contributed by atoms with Gasteiger partial charge in [-0.1, -0.05) is 60.1 Å². The summed E-state index contributed by atoms with van der Waals surface area (Å²) in [5, 5.41) is 0.776. The Bertz CT molecular complexity index is 886. The first-order valence-corrected chi connectivity index (χ1v) is 8.81. The van der Waals surface area contributed by atoms with Gasteiger partial charge >= 0.3 is 0 Å². The highest BCUT2D eigenvalue weighted by molar-refractivity contribution is 6.31. The molecule has 2 aromatic carbocycles. The van der Waals surface area contributed by atoms with Crippen LogP contribution in [0, 0.1) is 0 Å². The molecule has 0 amide bonds. The Morgan fingerprint density at radius 2 is 1.80 bits per heavy atom. The molecule has 1 atom stereocenters. The minimum Gasteiger partial charge on any atom is -0.474 e.